The maximum absolute atomic E-state index is 9.08. The van der Waals surface area contributed by atoms with E-state index in [9.17, 15) is 0 Å². The van der Waals surface area contributed by atoms with Crippen molar-refractivity contribution in [1.29, 1.82) is 0 Å². The summed E-state index contributed by atoms with van der Waals surface area (Å²) in [4.78, 5) is 0. The van der Waals surface area contributed by atoms with Crippen molar-refractivity contribution in [3.8, 4) is 0 Å². The summed E-state index contributed by atoms with van der Waals surface area (Å²) in [5.74, 6) is 0.327. The van der Waals surface area contributed by atoms with Crippen LogP contribution in [0.2, 0.25) is 0 Å². The Bertz CT molecular complexity index is 99.2. The Kier molecular flexibility index (Phi) is 2.92. The minimum atomic E-state index is -0.840. The fraction of sp³-hybridized carbons (Fsp3) is 1.00. The number of alkyl halides is 1. The average molecular weight is 167 g/mol. The second-order valence-corrected chi connectivity index (χ2v) is 2.80. The molecule has 0 aromatic rings. The van der Waals surface area contributed by atoms with Crippen molar-refractivity contribution in [2.24, 2.45) is 0 Å². The molecule has 10 heavy (non-hydrogen) atoms. The fourth-order valence-corrected chi connectivity index (χ4v) is 1.26. The first-order valence-electron chi connectivity index (χ1n) is 3.30. The molecule has 0 unspecified atom stereocenters. The predicted molar refractivity (Wildman–Crippen MR) is 36.8 cm³/mol. The molecule has 0 aliphatic carbocycles. The lowest BCUT2D eigenvalue weighted by atomic mass is 10.1. The van der Waals surface area contributed by atoms with Crippen molar-refractivity contribution in [2.75, 3.05) is 5.88 Å². The van der Waals surface area contributed by atoms with E-state index in [2.05, 4.69) is 0 Å². The number of rotatable bonds is 1. The largest absolute Gasteiger partial charge is 0.393 e. The third-order valence-corrected chi connectivity index (χ3v) is 1.87. The quantitative estimate of drug-likeness (QED) is 0.543. The highest BCUT2D eigenvalue weighted by Gasteiger charge is 2.25. The topological polar surface area (TPSA) is 49.7 Å². The molecule has 2 N–H and O–H groups in total. The Morgan fingerprint density at radius 2 is 2.10 bits per heavy atom. The van der Waals surface area contributed by atoms with Crippen molar-refractivity contribution in [1.82, 2.24) is 0 Å². The van der Waals surface area contributed by atoms with Crippen LogP contribution in [0.25, 0.3) is 0 Å². The van der Waals surface area contributed by atoms with E-state index >= 15 is 0 Å². The van der Waals surface area contributed by atoms with E-state index in [-0.39, 0.29) is 6.10 Å². The normalized spacial score (nSPS) is 41.7. The minimum Gasteiger partial charge on any atom is -0.393 e. The SMILES string of the molecule is O[C@@H]1C[C@@H](CCl)O[C@@H](O)C1. The lowest BCUT2D eigenvalue weighted by Gasteiger charge is -2.28. The van der Waals surface area contributed by atoms with Gasteiger partial charge in [-0.25, -0.2) is 0 Å². The molecule has 3 nitrogen and oxygen atoms in total. The zero-order valence-corrected chi connectivity index (χ0v) is 6.29. The Morgan fingerprint density at radius 3 is 2.60 bits per heavy atom. The van der Waals surface area contributed by atoms with Gasteiger partial charge >= 0.3 is 0 Å². The average Bonchev–Trinajstić information content (AvgIpc) is 1.85. The molecule has 0 spiro atoms. The van der Waals surface area contributed by atoms with Gasteiger partial charge in [-0.15, -0.1) is 11.6 Å². The summed E-state index contributed by atoms with van der Waals surface area (Å²) < 4.78 is 4.97. The lowest BCUT2D eigenvalue weighted by molar-refractivity contribution is -0.182. The van der Waals surface area contributed by atoms with Gasteiger partial charge in [-0.05, 0) is 0 Å². The van der Waals surface area contributed by atoms with Gasteiger partial charge in [0.2, 0.25) is 0 Å². The smallest absolute Gasteiger partial charge is 0.157 e. The van der Waals surface area contributed by atoms with Crippen molar-refractivity contribution < 1.29 is 14.9 Å². The molecule has 1 aliphatic heterocycles. The number of halogens is 1. The summed E-state index contributed by atoms with van der Waals surface area (Å²) in [5, 5.41) is 18.0. The molecule has 60 valence electrons. The van der Waals surface area contributed by atoms with Crippen LogP contribution in [0.3, 0.4) is 0 Å². The molecular weight excluding hydrogens is 156 g/mol. The van der Waals surface area contributed by atoms with E-state index in [0.29, 0.717) is 18.7 Å². The lowest BCUT2D eigenvalue weighted by Crippen LogP contribution is -2.36. The molecule has 1 saturated heterocycles. The van der Waals surface area contributed by atoms with Crippen LogP contribution in [0.1, 0.15) is 12.8 Å². The van der Waals surface area contributed by atoms with Crippen molar-refractivity contribution in [3.05, 3.63) is 0 Å². The van der Waals surface area contributed by atoms with Crippen LogP contribution in [0.4, 0.5) is 0 Å². The van der Waals surface area contributed by atoms with E-state index in [0.717, 1.165) is 0 Å². The standard InChI is InChI=1S/C6H11ClO3/c7-3-5-1-4(8)2-6(9)10-5/h4-6,8-9H,1-3H2/t4-,5+,6-/m1/s1. The summed E-state index contributed by atoms with van der Waals surface area (Å²) in [7, 11) is 0. The Morgan fingerprint density at radius 1 is 1.40 bits per heavy atom. The first kappa shape index (κ1) is 8.27. The highest BCUT2D eigenvalue weighted by atomic mass is 35.5. The number of aliphatic hydroxyl groups excluding tert-OH is 2. The molecular formula is C6H11ClO3. The zero-order chi connectivity index (χ0) is 7.56. The van der Waals surface area contributed by atoms with E-state index < -0.39 is 12.4 Å². The van der Waals surface area contributed by atoms with Crippen molar-refractivity contribution in [2.45, 2.75) is 31.3 Å². The van der Waals surface area contributed by atoms with Crippen molar-refractivity contribution in [3.63, 3.8) is 0 Å². The number of hydrogen-bond acceptors (Lipinski definition) is 3. The number of hydrogen-bond donors (Lipinski definition) is 2. The summed E-state index contributed by atoms with van der Waals surface area (Å²) >= 11 is 5.46. The molecule has 0 aromatic carbocycles. The molecule has 4 heteroatoms. The molecule has 0 bridgehead atoms. The predicted octanol–water partition coefficient (Wildman–Crippen LogP) is 0.0835. The van der Waals surface area contributed by atoms with Crippen molar-refractivity contribution >= 4 is 11.6 Å². The Balaban J connectivity index is 2.35. The van der Waals surface area contributed by atoms with Crippen LogP contribution in [0.15, 0.2) is 0 Å². The van der Waals surface area contributed by atoms with E-state index in [1.807, 2.05) is 0 Å². The van der Waals surface area contributed by atoms with Gasteiger partial charge in [0.15, 0.2) is 6.29 Å². The Hall–Kier alpha value is 0.170. The van der Waals surface area contributed by atoms with E-state index in [4.69, 9.17) is 26.6 Å². The molecule has 1 aliphatic rings. The second-order valence-electron chi connectivity index (χ2n) is 2.49. The van der Waals surface area contributed by atoms with E-state index in [1.165, 1.54) is 0 Å². The van der Waals surface area contributed by atoms with Gasteiger partial charge in [0.05, 0.1) is 12.2 Å². The van der Waals surface area contributed by atoms with Crippen LogP contribution in [0.5, 0.6) is 0 Å². The van der Waals surface area contributed by atoms with Gasteiger partial charge in [0.1, 0.15) is 0 Å². The van der Waals surface area contributed by atoms with E-state index in [1.54, 1.807) is 0 Å². The summed E-state index contributed by atoms with van der Waals surface area (Å²) in [6, 6.07) is 0. The summed E-state index contributed by atoms with van der Waals surface area (Å²) in [6.45, 7) is 0. The molecule has 0 amide bonds. The van der Waals surface area contributed by atoms with Gasteiger partial charge in [0.25, 0.3) is 0 Å². The zero-order valence-electron chi connectivity index (χ0n) is 5.53. The first-order chi connectivity index (χ1) is 4.72. The summed E-state index contributed by atoms with van der Waals surface area (Å²) in [5.41, 5.74) is 0. The number of ether oxygens (including phenoxy) is 1. The highest BCUT2D eigenvalue weighted by molar-refractivity contribution is 6.18. The number of aliphatic hydroxyl groups is 2. The monoisotopic (exact) mass is 166 g/mol. The van der Waals surface area contributed by atoms with Gasteiger partial charge in [-0.2, -0.15) is 0 Å². The van der Waals surface area contributed by atoms with Crippen LogP contribution in [-0.4, -0.2) is 34.6 Å². The van der Waals surface area contributed by atoms with Crippen LogP contribution in [0, 0.1) is 0 Å². The summed E-state index contributed by atoms with van der Waals surface area (Å²) in [6.07, 6.45) is -0.672. The molecule has 3 atom stereocenters. The molecule has 0 saturated carbocycles. The molecule has 0 radical (unpaired) electrons. The van der Waals surface area contributed by atoms with Gasteiger partial charge in [-0.1, -0.05) is 0 Å². The van der Waals surface area contributed by atoms with Gasteiger partial charge < -0.3 is 14.9 Å². The molecule has 1 heterocycles. The molecule has 0 aromatic heterocycles. The fourth-order valence-electron chi connectivity index (χ4n) is 1.07. The molecule has 1 fully saturated rings. The van der Waals surface area contributed by atoms with Crippen LogP contribution >= 0.6 is 11.6 Å². The van der Waals surface area contributed by atoms with Gasteiger partial charge in [0, 0.05) is 18.7 Å². The highest BCUT2D eigenvalue weighted by Crippen LogP contribution is 2.18. The second kappa shape index (κ2) is 3.53. The molecule has 1 rings (SSSR count). The first-order valence-corrected chi connectivity index (χ1v) is 3.83. The maximum atomic E-state index is 9.08. The third kappa shape index (κ3) is 2.09. The maximum Gasteiger partial charge on any atom is 0.157 e. The van der Waals surface area contributed by atoms with Gasteiger partial charge in [-0.3, -0.25) is 0 Å². The van der Waals surface area contributed by atoms with Crippen LogP contribution < -0.4 is 0 Å². The Labute approximate surface area is 64.6 Å². The minimum absolute atomic E-state index is 0.194. The van der Waals surface area contributed by atoms with Crippen LogP contribution in [-0.2, 0) is 4.74 Å². The third-order valence-electron chi connectivity index (χ3n) is 1.53.